The number of nitrogens with one attached hydrogen (secondary N) is 1. The highest BCUT2D eigenvalue weighted by molar-refractivity contribution is 5.97. The first-order valence-corrected chi connectivity index (χ1v) is 8.63. The molecule has 4 aliphatic carbocycles. The van der Waals surface area contributed by atoms with Gasteiger partial charge >= 0.3 is 0 Å². The molecule has 4 aliphatic rings. The number of nitro groups is 1. The Labute approximate surface area is 140 Å². The lowest BCUT2D eigenvalue weighted by atomic mass is 9.49. The Morgan fingerprint density at radius 2 is 1.79 bits per heavy atom. The number of amides is 1. The third-order valence-electron chi connectivity index (χ3n) is 6.16. The van der Waals surface area contributed by atoms with E-state index in [-0.39, 0.29) is 17.0 Å². The molecule has 6 nitrogen and oxygen atoms in total. The van der Waals surface area contributed by atoms with Gasteiger partial charge in [-0.25, -0.2) is 0 Å². The largest absolute Gasteiger partial charge is 0.495 e. The van der Waals surface area contributed by atoms with Gasteiger partial charge in [-0.15, -0.1) is 0 Å². The van der Waals surface area contributed by atoms with Crippen LogP contribution < -0.4 is 10.1 Å². The van der Waals surface area contributed by atoms with Gasteiger partial charge in [0.05, 0.1) is 23.1 Å². The number of hydrogen-bond acceptors (Lipinski definition) is 4. The van der Waals surface area contributed by atoms with Crippen molar-refractivity contribution >= 4 is 17.3 Å². The van der Waals surface area contributed by atoms with Crippen LogP contribution in [-0.4, -0.2) is 17.9 Å². The molecule has 4 bridgehead atoms. The van der Waals surface area contributed by atoms with Crippen LogP contribution in [0.3, 0.4) is 0 Å². The van der Waals surface area contributed by atoms with Gasteiger partial charge in [0, 0.05) is 12.1 Å². The highest BCUT2D eigenvalue weighted by Gasteiger charge is 2.54. The number of non-ortho nitro benzene ring substituents is 1. The first-order chi connectivity index (χ1) is 11.5. The maximum Gasteiger partial charge on any atom is 0.271 e. The van der Waals surface area contributed by atoms with E-state index in [1.54, 1.807) is 0 Å². The van der Waals surface area contributed by atoms with E-state index in [0.29, 0.717) is 29.2 Å². The van der Waals surface area contributed by atoms with Crippen LogP contribution in [0.4, 0.5) is 11.4 Å². The second-order valence-corrected chi connectivity index (χ2v) is 7.79. The number of benzene rings is 1. The summed E-state index contributed by atoms with van der Waals surface area (Å²) in [7, 11) is 1.50. The van der Waals surface area contributed by atoms with Gasteiger partial charge in [0.1, 0.15) is 5.75 Å². The third kappa shape index (κ3) is 2.44. The second-order valence-electron chi connectivity index (χ2n) is 7.79. The van der Waals surface area contributed by atoms with E-state index in [1.165, 1.54) is 44.6 Å². The van der Waals surface area contributed by atoms with Gasteiger partial charge in [0.15, 0.2) is 0 Å². The lowest BCUT2D eigenvalue weighted by Gasteiger charge is -2.55. The fourth-order valence-electron chi connectivity index (χ4n) is 5.55. The Bertz CT molecular complexity index is 665. The number of nitro benzene ring substituents is 1. The molecule has 24 heavy (non-hydrogen) atoms. The summed E-state index contributed by atoms with van der Waals surface area (Å²) < 4.78 is 5.26. The van der Waals surface area contributed by atoms with Crippen molar-refractivity contribution in [2.75, 3.05) is 12.4 Å². The van der Waals surface area contributed by atoms with Gasteiger partial charge in [-0.1, -0.05) is 0 Å². The quantitative estimate of drug-likeness (QED) is 0.673. The molecule has 0 aromatic heterocycles. The van der Waals surface area contributed by atoms with Gasteiger partial charge < -0.3 is 10.1 Å². The molecule has 1 amide bonds. The summed E-state index contributed by atoms with van der Waals surface area (Å²) in [5, 5.41) is 14.0. The minimum Gasteiger partial charge on any atom is -0.495 e. The Morgan fingerprint density at radius 1 is 1.21 bits per heavy atom. The standard InChI is InChI=1S/C18H22N2O4/c1-24-16-3-2-14(20(22)23)7-15(16)19-17(21)18-8-11-4-12(9-18)6-13(5-11)10-18/h2-3,7,11-13H,4-6,8-10H2,1H3,(H,19,21). The van der Waals surface area contributed by atoms with Crippen molar-refractivity contribution < 1.29 is 14.5 Å². The van der Waals surface area contributed by atoms with Crippen LogP contribution in [-0.2, 0) is 4.79 Å². The van der Waals surface area contributed by atoms with Crippen molar-refractivity contribution in [3.8, 4) is 5.75 Å². The molecule has 4 fully saturated rings. The van der Waals surface area contributed by atoms with Crippen LogP contribution in [0.5, 0.6) is 5.75 Å². The Hall–Kier alpha value is -2.11. The monoisotopic (exact) mass is 330 g/mol. The number of anilines is 1. The zero-order valence-corrected chi connectivity index (χ0v) is 13.8. The maximum absolute atomic E-state index is 13.1. The predicted octanol–water partition coefficient (Wildman–Crippen LogP) is 3.76. The highest BCUT2D eigenvalue weighted by atomic mass is 16.6. The SMILES string of the molecule is COc1ccc([N+](=O)[O-])cc1NC(=O)C12CC3CC(CC(C3)C1)C2. The molecule has 5 rings (SSSR count). The van der Waals surface area contributed by atoms with Crippen molar-refractivity contribution in [2.45, 2.75) is 38.5 Å². The summed E-state index contributed by atoms with van der Waals surface area (Å²) >= 11 is 0. The van der Waals surface area contributed by atoms with E-state index in [4.69, 9.17) is 4.74 Å². The van der Waals surface area contributed by atoms with Crippen molar-refractivity contribution in [1.82, 2.24) is 0 Å². The molecule has 0 saturated heterocycles. The Balaban J connectivity index is 1.60. The molecular formula is C18H22N2O4. The zero-order valence-electron chi connectivity index (χ0n) is 13.8. The van der Waals surface area contributed by atoms with Crippen molar-refractivity contribution in [2.24, 2.45) is 23.2 Å². The van der Waals surface area contributed by atoms with Crippen molar-refractivity contribution in [1.29, 1.82) is 0 Å². The number of ether oxygens (including phenoxy) is 1. The molecule has 0 spiro atoms. The molecule has 0 radical (unpaired) electrons. The lowest BCUT2D eigenvalue weighted by molar-refractivity contribution is -0.384. The summed E-state index contributed by atoms with van der Waals surface area (Å²) in [6, 6.07) is 4.31. The van der Waals surface area contributed by atoms with Crippen LogP contribution >= 0.6 is 0 Å². The normalized spacial score (nSPS) is 33.3. The molecule has 128 valence electrons. The van der Waals surface area contributed by atoms with E-state index < -0.39 is 4.92 Å². The topological polar surface area (TPSA) is 81.5 Å². The average molecular weight is 330 g/mol. The van der Waals surface area contributed by atoms with Gasteiger partial charge in [0.25, 0.3) is 5.69 Å². The van der Waals surface area contributed by atoms with E-state index in [2.05, 4.69) is 5.32 Å². The van der Waals surface area contributed by atoms with Crippen molar-refractivity contribution in [3.63, 3.8) is 0 Å². The number of rotatable bonds is 4. The smallest absolute Gasteiger partial charge is 0.271 e. The van der Waals surface area contributed by atoms with Gasteiger partial charge in [-0.3, -0.25) is 14.9 Å². The van der Waals surface area contributed by atoms with E-state index >= 15 is 0 Å². The summed E-state index contributed by atoms with van der Waals surface area (Å²) in [6.07, 6.45) is 6.69. The van der Waals surface area contributed by atoms with E-state index in [9.17, 15) is 14.9 Å². The average Bonchev–Trinajstić information content (AvgIpc) is 2.53. The van der Waals surface area contributed by atoms with Gasteiger partial charge in [-0.2, -0.15) is 0 Å². The Morgan fingerprint density at radius 3 is 2.29 bits per heavy atom. The number of carbonyl (C=O) groups is 1. The molecule has 0 unspecified atom stereocenters. The van der Waals surface area contributed by atoms with Gasteiger partial charge in [-0.05, 0) is 62.3 Å². The highest BCUT2D eigenvalue weighted by Crippen LogP contribution is 2.60. The molecule has 4 saturated carbocycles. The maximum atomic E-state index is 13.1. The van der Waals surface area contributed by atoms with Crippen LogP contribution in [0, 0.1) is 33.3 Å². The molecule has 0 heterocycles. The number of nitrogens with zero attached hydrogens (tertiary/aromatic N) is 1. The number of methoxy groups -OCH3 is 1. The molecule has 1 N–H and O–H groups in total. The second kappa shape index (κ2) is 5.46. The van der Waals surface area contributed by atoms with Crippen LogP contribution in [0.25, 0.3) is 0 Å². The van der Waals surface area contributed by atoms with E-state index in [1.807, 2.05) is 0 Å². The molecule has 1 aromatic carbocycles. The fraction of sp³-hybridized carbons (Fsp3) is 0.611. The van der Waals surface area contributed by atoms with Crippen molar-refractivity contribution in [3.05, 3.63) is 28.3 Å². The summed E-state index contributed by atoms with van der Waals surface area (Å²) in [6.45, 7) is 0. The molecule has 0 atom stereocenters. The molecule has 1 aromatic rings. The van der Waals surface area contributed by atoms with Crippen LogP contribution in [0.1, 0.15) is 38.5 Å². The molecule has 6 heteroatoms. The minimum absolute atomic E-state index is 0.0143. The summed E-state index contributed by atoms with van der Waals surface area (Å²) in [5.41, 5.74) is 0.0637. The lowest BCUT2D eigenvalue weighted by Crippen LogP contribution is -2.51. The van der Waals surface area contributed by atoms with Gasteiger partial charge in [0.2, 0.25) is 5.91 Å². The third-order valence-corrected chi connectivity index (χ3v) is 6.16. The number of carbonyl (C=O) groups excluding carboxylic acids is 1. The van der Waals surface area contributed by atoms with Crippen LogP contribution in [0.2, 0.25) is 0 Å². The number of hydrogen-bond donors (Lipinski definition) is 1. The van der Waals surface area contributed by atoms with Crippen LogP contribution in [0.15, 0.2) is 18.2 Å². The zero-order chi connectivity index (χ0) is 16.9. The first-order valence-electron chi connectivity index (χ1n) is 8.63. The fourth-order valence-corrected chi connectivity index (χ4v) is 5.55. The molecular weight excluding hydrogens is 308 g/mol. The Kier molecular flexibility index (Phi) is 3.51. The van der Waals surface area contributed by atoms with E-state index in [0.717, 1.165) is 19.3 Å². The minimum atomic E-state index is -0.459. The first kappa shape index (κ1) is 15.4. The summed E-state index contributed by atoms with van der Waals surface area (Å²) in [5.74, 6) is 2.50. The molecule has 0 aliphatic heterocycles. The predicted molar refractivity (Wildman–Crippen MR) is 88.9 cm³/mol. The summed E-state index contributed by atoms with van der Waals surface area (Å²) in [4.78, 5) is 23.6.